The standard InChI is InChI=1S/C25H28N2O/c28-25(16-6-2-1-3-7-16)26-19-12-22-20-10-4-8-17(20)14-27-15-18-9-5-11-21(18)23(13-19)24(22)27/h1-3,6-7,12-13,17-18,20-21H,4-5,8-11,14-15H2,(H,26,28)/t17-,18-,20+,21+/m0/s1. The van der Waals surface area contributed by atoms with Crippen molar-refractivity contribution in [1.82, 2.24) is 0 Å². The van der Waals surface area contributed by atoms with Crippen molar-refractivity contribution in [3.8, 4) is 0 Å². The zero-order valence-corrected chi connectivity index (χ0v) is 16.4. The molecule has 0 spiro atoms. The third-order valence-corrected chi connectivity index (χ3v) is 7.81. The first-order valence-electron chi connectivity index (χ1n) is 11.1. The maximum atomic E-state index is 12.8. The first-order chi connectivity index (χ1) is 13.8. The summed E-state index contributed by atoms with van der Waals surface area (Å²) >= 11 is 0. The molecule has 2 heterocycles. The predicted molar refractivity (Wildman–Crippen MR) is 113 cm³/mol. The number of amides is 1. The lowest BCUT2D eigenvalue weighted by Gasteiger charge is -2.46. The molecule has 2 aliphatic carbocycles. The summed E-state index contributed by atoms with van der Waals surface area (Å²) in [6.45, 7) is 2.51. The molecule has 2 aliphatic heterocycles. The van der Waals surface area contributed by atoms with Gasteiger partial charge in [0.2, 0.25) is 0 Å². The number of hydrogen-bond donors (Lipinski definition) is 1. The highest BCUT2D eigenvalue weighted by Gasteiger charge is 2.44. The second-order valence-electron chi connectivity index (χ2n) is 9.32. The van der Waals surface area contributed by atoms with Crippen molar-refractivity contribution in [2.24, 2.45) is 11.8 Å². The number of carbonyl (C=O) groups excluding carboxylic acids is 1. The Bertz CT molecular complexity index is 876. The number of nitrogens with one attached hydrogen (secondary N) is 1. The van der Waals surface area contributed by atoms with Crippen molar-refractivity contribution >= 4 is 17.3 Å². The van der Waals surface area contributed by atoms with Gasteiger partial charge in [0, 0.05) is 30.0 Å². The summed E-state index contributed by atoms with van der Waals surface area (Å²) in [6.07, 6.45) is 8.07. The molecular weight excluding hydrogens is 344 g/mol. The molecule has 0 aromatic heterocycles. The van der Waals surface area contributed by atoms with Gasteiger partial charge in [-0.3, -0.25) is 4.79 Å². The SMILES string of the molecule is O=C(Nc1cc2c3c(c1)[C@@H]1CCC[C@H]1CN3C[C@@H]1CCC[C@@H]21)c1ccccc1. The van der Waals surface area contributed by atoms with Crippen LogP contribution in [0, 0.1) is 11.8 Å². The molecule has 0 unspecified atom stereocenters. The number of hydrogen-bond acceptors (Lipinski definition) is 2. The molecule has 2 fully saturated rings. The van der Waals surface area contributed by atoms with Crippen LogP contribution in [0.15, 0.2) is 42.5 Å². The molecule has 1 N–H and O–H groups in total. The smallest absolute Gasteiger partial charge is 0.255 e. The molecule has 4 atom stereocenters. The molecule has 0 bridgehead atoms. The average molecular weight is 373 g/mol. The number of anilines is 2. The van der Waals surface area contributed by atoms with E-state index in [0.717, 1.165) is 23.1 Å². The Morgan fingerprint density at radius 1 is 0.857 bits per heavy atom. The van der Waals surface area contributed by atoms with Crippen LogP contribution in [0.5, 0.6) is 0 Å². The molecule has 0 radical (unpaired) electrons. The predicted octanol–water partition coefficient (Wildman–Crippen LogP) is 5.54. The largest absolute Gasteiger partial charge is 0.370 e. The molecule has 144 valence electrons. The summed E-state index contributed by atoms with van der Waals surface area (Å²) in [7, 11) is 0. The van der Waals surface area contributed by atoms with Crippen LogP contribution < -0.4 is 10.2 Å². The van der Waals surface area contributed by atoms with Crippen molar-refractivity contribution < 1.29 is 4.79 Å². The van der Waals surface area contributed by atoms with Crippen molar-refractivity contribution in [2.45, 2.75) is 50.4 Å². The third kappa shape index (κ3) is 2.52. The van der Waals surface area contributed by atoms with E-state index in [2.05, 4.69) is 22.3 Å². The third-order valence-electron chi connectivity index (χ3n) is 7.81. The molecular formula is C25H28N2O. The minimum absolute atomic E-state index is 0.00201. The van der Waals surface area contributed by atoms with Gasteiger partial charge in [0.1, 0.15) is 0 Å². The number of fused-ring (bicyclic) bond motifs is 4. The van der Waals surface area contributed by atoms with E-state index in [0.29, 0.717) is 11.8 Å². The lowest BCUT2D eigenvalue weighted by Crippen LogP contribution is -2.43. The Morgan fingerprint density at radius 3 is 2.07 bits per heavy atom. The first-order valence-corrected chi connectivity index (χ1v) is 11.1. The van der Waals surface area contributed by atoms with Gasteiger partial charge in [-0.05, 0) is 84.7 Å². The van der Waals surface area contributed by atoms with Crippen LogP contribution in [-0.4, -0.2) is 19.0 Å². The number of carbonyl (C=O) groups is 1. The van der Waals surface area contributed by atoms with Crippen molar-refractivity contribution in [3.05, 3.63) is 59.2 Å². The monoisotopic (exact) mass is 372 g/mol. The van der Waals surface area contributed by atoms with Gasteiger partial charge in [-0.25, -0.2) is 0 Å². The normalized spacial score (nSPS) is 29.8. The fraction of sp³-hybridized carbons (Fsp3) is 0.480. The lowest BCUT2D eigenvalue weighted by atomic mass is 9.75. The van der Waals surface area contributed by atoms with Gasteiger partial charge < -0.3 is 10.2 Å². The zero-order valence-electron chi connectivity index (χ0n) is 16.4. The highest BCUT2D eigenvalue weighted by Crippen LogP contribution is 2.56. The Balaban J connectivity index is 1.43. The number of benzene rings is 2. The summed E-state index contributed by atoms with van der Waals surface area (Å²) in [4.78, 5) is 15.5. The van der Waals surface area contributed by atoms with Crippen molar-refractivity contribution in [2.75, 3.05) is 23.3 Å². The molecule has 3 heteroatoms. The molecule has 2 aromatic carbocycles. The summed E-state index contributed by atoms with van der Waals surface area (Å²) < 4.78 is 0. The van der Waals surface area contributed by atoms with E-state index in [4.69, 9.17) is 0 Å². The van der Waals surface area contributed by atoms with Crippen LogP contribution in [0.1, 0.15) is 71.8 Å². The summed E-state index contributed by atoms with van der Waals surface area (Å²) in [5.41, 5.74) is 6.33. The van der Waals surface area contributed by atoms with Crippen LogP contribution in [0.3, 0.4) is 0 Å². The van der Waals surface area contributed by atoms with Crippen LogP contribution in [0.2, 0.25) is 0 Å². The maximum Gasteiger partial charge on any atom is 0.255 e. The van der Waals surface area contributed by atoms with E-state index < -0.39 is 0 Å². The Morgan fingerprint density at radius 2 is 1.46 bits per heavy atom. The summed E-state index contributed by atoms with van der Waals surface area (Å²) in [5, 5.41) is 3.22. The van der Waals surface area contributed by atoms with E-state index in [-0.39, 0.29) is 5.91 Å². The maximum absolute atomic E-state index is 12.8. The van der Waals surface area contributed by atoms with Crippen LogP contribution in [0.25, 0.3) is 0 Å². The topological polar surface area (TPSA) is 32.3 Å². The second-order valence-corrected chi connectivity index (χ2v) is 9.32. The lowest BCUT2D eigenvalue weighted by molar-refractivity contribution is 0.102. The molecule has 6 rings (SSSR count). The summed E-state index contributed by atoms with van der Waals surface area (Å²) in [6, 6.07) is 14.2. The van der Waals surface area contributed by atoms with Gasteiger partial charge in [0.25, 0.3) is 5.91 Å². The fourth-order valence-electron chi connectivity index (χ4n) is 6.63. The minimum atomic E-state index is 0.00201. The molecule has 2 aromatic rings. The Labute approximate surface area is 167 Å². The average Bonchev–Trinajstić information content (AvgIpc) is 3.38. The zero-order chi connectivity index (χ0) is 18.7. The van der Waals surface area contributed by atoms with Crippen molar-refractivity contribution in [1.29, 1.82) is 0 Å². The molecule has 2 saturated carbocycles. The molecule has 1 amide bonds. The van der Waals surface area contributed by atoms with Gasteiger partial charge in [-0.1, -0.05) is 31.0 Å². The Hall–Kier alpha value is -2.29. The van der Waals surface area contributed by atoms with Crippen LogP contribution >= 0.6 is 0 Å². The molecule has 0 saturated heterocycles. The second kappa shape index (κ2) is 6.37. The van der Waals surface area contributed by atoms with E-state index in [1.165, 1.54) is 62.7 Å². The molecule has 4 aliphatic rings. The molecule has 28 heavy (non-hydrogen) atoms. The quantitative estimate of drug-likeness (QED) is 0.751. The Kier molecular flexibility index (Phi) is 3.78. The number of nitrogens with zero attached hydrogens (tertiary/aromatic N) is 1. The van der Waals surface area contributed by atoms with Crippen LogP contribution in [0.4, 0.5) is 11.4 Å². The highest BCUT2D eigenvalue weighted by atomic mass is 16.1. The first kappa shape index (κ1) is 16.6. The van der Waals surface area contributed by atoms with Gasteiger partial charge in [0.15, 0.2) is 0 Å². The number of rotatable bonds is 2. The van der Waals surface area contributed by atoms with E-state index >= 15 is 0 Å². The van der Waals surface area contributed by atoms with Gasteiger partial charge >= 0.3 is 0 Å². The van der Waals surface area contributed by atoms with E-state index in [1.807, 2.05) is 30.3 Å². The summed E-state index contributed by atoms with van der Waals surface area (Å²) in [5.74, 6) is 2.99. The molecule has 3 nitrogen and oxygen atoms in total. The van der Waals surface area contributed by atoms with Gasteiger partial charge in [0.05, 0.1) is 0 Å². The van der Waals surface area contributed by atoms with Gasteiger partial charge in [-0.2, -0.15) is 0 Å². The fourth-order valence-corrected chi connectivity index (χ4v) is 6.63. The highest BCUT2D eigenvalue weighted by molar-refractivity contribution is 6.04. The minimum Gasteiger partial charge on any atom is -0.370 e. The van der Waals surface area contributed by atoms with E-state index in [9.17, 15) is 4.79 Å². The van der Waals surface area contributed by atoms with Crippen molar-refractivity contribution in [3.63, 3.8) is 0 Å². The van der Waals surface area contributed by atoms with Gasteiger partial charge in [-0.15, -0.1) is 0 Å². The van der Waals surface area contributed by atoms with Crippen LogP contribution in [-0.2, 0) is 0 Å². The van der Waals surface area contributed by atoms with E-state index in [1.54, 1.807) is 5.69 Å².